The summed E-state index contributed by atoms with van der Waals surface area (Å²) in [5.41, 5.74) is 0. The van der Waals surface area contributed by atoms with Gasteiger partial charge >= 0.3 is 0 Å². The fourth-order valence-corrected chi connectivity index (χ4v) is 3.39. The number of rotatable bonds is 0. The highest BCUT2D eigenvalue weighted by Gasteiger charge is 2.21. The maximum absolute atomic E-state index is 6.02. The van der Waals surface area contributed by atoms with Gasteiger partial charge in [-0.15, -0.1) is 23.2 Å². The van der Waals surface area contributed by atoms with Crippen LogP contribution in [-0.4, -0.2) is 14.7 Å². The number of alkyl halides is 3. The smallest absolute Gasteiger partial charge is 0.0360 e. The summed E-state index contributed by atoms with van der Waals surface area (Å²) < 4.78 is 0.740. The molecule has 0 aromatic rings. The van der Waals surface area contributed by atoms with E-state index in [4.69, 9.17) is 23.2 Å². The molecular weight excluding hydrogens is 282 g/mol. The minimum absolute atomic E-state index is 0.312. The highest BCUT2D eigenvalue weighted by molar-refractivity contribution is 14.1. The van der Waals surface area contributed by atoms with Crippen LogP contribution in [0.15, 0.2) is 0 Å². The number of halogens is 3. The van der Waals surface area contributed by atoms with Crippen LogP contribution in [0.1, 0.15) is 25.7 Å². The predicted molar refractivity (Wildman–Crippen MR) is 55.6 cm³/mol. The van der Waals surface area contributed by atoms with Gasteiger partial charge in [0.05, 0.1) is 0 Å². The third kappa shape index (κ3) is 3.14. The first-order valence-corrected chi connectivity index (χ1v) is 5.72. The molecule has 1 aliphatic carbocycles. The third-order valence-electron chi connectivity index (χ3n) is 1.82. The Morgan fingerprint density at radius 3 is 2.40 bits per heavy atom. The normalized spacial score (nSPS) is 42.9. The molecule has 0 N–H and O–H groups in total. The molecule has 1 saturated carbocycles. The minimum Gasteiger partial charge on any atom is -0.123 e. The topological polar surface area (TPSA) is 0 Å². The SMILES string of the molecule is ClC1CCC(I)CC(Cl)C1. The van der Waals surface area contributed by atoms with Crippen molar-refractivity contribution in [2.45, 2.75) is 40.4 Å². The van der Waals surface area contributed by atoms with Crippen LogP contribution in [0, 0.1) is 0 Å². The van der Waals surface area contributed by atoms with Gasteiger partial charge in [0.15, 0.2) is 0 Å². The second kappa shape index (κ2) is 4.36. The van der Waals surface area contributed by atoms with Gasteiger partial charge in [0.1, 0.15) is 0 Å². The molecule has 3 heteroatoms. The molecule has 0 amide bonds. The summed E-state index contributed by atoms with van der Waals surface area (Å²) in [6.07, 6.45) is 4.49. The molecule has 0 saturated heterocycles. The van der Waals surface area contributed by atoms with Crippen LogP contribution < -0.4 is 0 Å². The summed E-state index contributed by atoms with van der Waals surface area (Å²) in [5, 5.41) is 0.633. The Kier molecular flexibility index (Phi) is 4.10. The lowest BCUT2D eigenvalue weighted by Gasteiger charge is -2.07. The molecule has 0 aromatic heterocycles. The second-order valence-corrected chi connectivity index (χ2v) is 5.84. The molecule has 0 spiro atoms. The van der Waals surface area contributed by atoms with E-state index in [0.717, 1.165) is 23.2 Å². The average molecular weight is 293 g/mol. The molecule has 1 fully saturated rings. The number of hydrogen-bond donors (Lipinski definition) is 0. The molecule has 0 bridgehead atoms. The van der Waals surface area contributed by atoms with Crippen LogP contribution in [0.2, 0.25) is 0 Å². The Labute approximate surface area is 85.8 Å². The minimum atomic E-state index is 0.312. The van der Waals surface area contributed by atoms with Crippen molar-refractivity contribution >= 4 is 45.8 Å². The standard InChI is InChI=1S/C7H11Cl2I/c8-5-1-2-7(10)4-6(9)3-5/h5-7H,1-4H2. The van der Waals surface area contributed by atoms with Crippen LogP contribution >= 0.6 is 45.8 Å². The van der Waals surface area contributed by atoms with E-state index in [2.05, 4.69) is 22.6 Å². The van der Waals surface area contributed by atoms with Crippen molar-refractivity contribution < 1.29 is 0 Å². The first-order valence-electron chi connectivity index (χ1n) is 3.60. The van der Waals surface area contributed by atoms with E-state index in [9.17, 15) is 0 Å². The molecule has 3 atom stereocenters. The van der Waals surface area contributed by atoms with Gasteiger partial charge in [-0.05, 0) is 25.7 Å². The van der Waals surface area contributed by atoms with Crippen molar-refractivity contribution in [2.75, 3.05) is 0 Å². The summed E-state index contributed by atoms with van der Waals surface area (Å²) in [7, 11) is 0. The highest BCUT2D eigenvalue weighted by Crippen LogP contribution is 2.29. The summed E-state index contributed by atoms with van der Waals surface area (Å²) in [5.74, 6) is 0. The molecule has 0 heterocycles. The van der Waals surface area contributed by atoms with Gasteiger partial charge in [-0.25, -0.2) is 0 Å². The highest BCUT2D eigenvalue weighted by atomic mass is 127. The van der Waals surface area contributed by atoms with E-state index in [1.165, 1.54) is 6.42 Å². The second-order valence-electron chi connectivity index (χ2n) is 2.84. The third-order valence-corrected chi connectivity index (χ3v) is 3.70. The molecule has 3 unspecified atom stereocenters. The maximum atomic E-state index is 6.02. The van der Waals surface area contributed by atoms with Crippen molar-refractivity contribution in [1.29, 1.82) is 0 Å². The Hall–Kier alpha value is 1.31. The predicted octanol–water partition coefficient (Wildman–Crippen LogP) is 3.58. The van der Waals surface area contributed by atoms with Gasteiger partial charge in [0.2, 0.25) is 0 Å². The number of hydrogen-bond acceptors (Lipinski definition) is 0. The summed E-state index contributed by atoms with van der Waals surface area (Å²) in [4.78, 5) is 0. The Bertz CT molecular complexity index is 95.8. The van der Waals surface area contributed by atoms with Crippen LogP contribution in [0.4, 0.5) is 0 Å². The summed E-state index contributed by atoms with van der Waals surface area (Å²) in [6, 6.07) is 0. The Morgan fingerprint density at radius 2 is 1.70 bits per heavy atom. The van der Waals surface area contributed by atoms with Crippen molar-refractivity contribution in [3.05, 3.63) is 0 Å². The van der Waals surface area contributed by atoms with Gasteiger partial charge in [-0.3, -0.25) is 0 Å². The van der Waals surface area contributed by atoms with Crippen molar-refractivity contribution in [3.63, 3.8) is 0 Å². The first-order chi connectivity index (χ1) is 4.68. The van der Waals surface area contributed by atoms with E-state index in [-0.39, 0.29) is 0 Å². The Morgan fingerprint density at radius 1 is 1.00 bits per heavy atom. The zero-order valence-corrected chi connectivity index (χ0v) is 9.36. The molecule has 1 aliphatic rings. The van der Waals surface area contributed by atoms with Gasteiger partial charge in [0, 0.05) is 14.7 Å². The van der Waals surface area contributed by atoms with Crippen LogP contribution in [-0.2, 0) is 0 Å². The van der Waals surface area contributed by atoms with E-state index in [0.29, 0.717) is 10.8 Å². The molecule has 0 aliphatic heterocycles. The fourth-order valence-electron chi connectivity index (χ4n) is 1.25. The molecule has 60 valence electrons. The van der Waals surface area contributed by atoms with E-state index in [1.807, 2.05) is 0 Å². The molecular formula is C7H11Cl2I. The summed E-state index contributed by atoms with van der Waals surface area (Å²) in [6.45, 7) is 0. The van der Waals surface area contributed by atoms with E-state index in [1.54, 1.807) is 0 Å². The molecule has 0 radical (unpaired) electrons. The first kappa shape index (κ1) is 9.40. The van der Waals surface area contributed by atoms with E-state index < -0.39 is 0 Å². The van der Waals surface area contributed by atoms with Crippen LogP contribution in [0.25, 0.3) is 0 Å². The molecule has 10 heavy (non-hydrogen) atoms. The lowest BCUT2D eigenvalue weighted by Crippen LogP contribution is -2.05. The van der Waals surface area contributed by atoms with Gasteiger partial charge < -0.3 is 0 Å². The summed E-state index contributed by atoms with van der Waals surface area (Å²) >= 11 is 14.5. The molecule has 0 aromatic carbocycles. The molecule has 1 rings (SSSR count). The van der Waals surface area contributed by atoms with Crippen LogP contribution in [0.5, 0.6) is 0 Å². The van der Waals surface area contributed by atoms with Gasteiger partial charge in [0.25, 0.3) is 0 Å². The van der Waals surface area contributed by atoms with Gasteiger partial charge in [-0.2, -0.15) is 0 Å². The zero-order chi connectivity index (χ0) is 7.56. The monoisotopic (exact) mass is 292 g/mol. The Balaban J connectivity index is 2.38. The molecule has 0 nitrogen and oxygen atoms in total. The lowest BCUT2D eigenvalue weighted by molar-refractivity contribution is 0.717. The van der Waals surface area contributed by atoms with Crippen molar-refractivity contribution in [2.24, 2.45) is 0 Å². The fraction of sp³-hybridized carbons (Fsp3) is 1.00. The zero-order valence-electron chi connectivity index (χ0n) is 5.69. The van der Waals surface area contributed by atoms with E-state index >= 15 is 0 Å². The quantitative estimate of drug-likeness (QED) is 0.364. The lowest BCUT2D eigenvalue weighted by atomic mass is 10.2. The van der Waals surface area contributed by atoms with Crippen molar-refractivity contribution in [1.82, 2.24) is 0 Å². The maximum Gasteiger partial charge on any atom is 0.0360 e. The van der Waals surface area contributed by atoms with Gasteiger partial charge in [-0.1, -0.05) is 22.6 Å². The average Bonchev–Trinajstić information content (AvgIpc) is 1.93. The van der Waals surface area contributed by atoms with Crippen molar-refractivity contribution in [3.8, 4) is 0 Å². The van der Waals surface area contributed by atoms with Crippen LogP contribution in [0.3, 0.4) is 0 Å². The largest absolute Gasteiger partial charge is 0.123 e.